The molecule has 29 heavy (non-hydrogen) atoms. The Morgan fingerprint density at radius 1 is 1.17 bits per heavy atom. The number of ether oxygens (including phenoxy) is 2. The number of carbonyl (C=O) groups excluding carboxylic acids is 3. The van der Waals surface area contributed by atoms with Crippen LogP contribution in [0, 0.1) is 0 Å². The summed E-state index contributed by atoms with van der Waals surface area (Å²) in [6.07, 6.45) is 1.58. The standard InChI is InChI=1S/C20H17BrN2O5S/c1-27-15-9-12(8-14(21)18(15)28-2)10-16-19(25)23(20(26)29-16)11-17(24)22-13-6-4-3-5-7-13/h3-10H,11H2,1-2H3,(H,22,24)/b16-10+. The molecule has 1 aliphatic rings. The van der Waals surface area contributed by atoms with Crippen LogP contribution in [0.25, 0.3) is 6.08 Å². The van der Waals surface area contributed by atoms with Gasteiger partial charge in [0.1, 0.15) is 6.54 Å². The second-order valence-corrected chi connectivity index (χ2v) is 7.77. The van der Waals surface area contributed by atoms with Crippen molar-refractivity contribution in [2.45, 2.75) is 0 Å². The quantitative estimate of drug-likeness (QED) is 0.630. The lowest BCUT2D eigenvalue weighted by molar-refractivity contribution is -0.127. The van der Waals surface area contributed by atoms with Crippen LogP contribution in [0.15, 0.2) is 51.8 Å². The number of imide groups is 1. The Bertz CT molecular complexity index is 994. The van der Waals surface area contributed by atoms with Gasteiger partial charge in [-0.25, -0.2) is 0 Å². The van der Waals surface area contributed by atoms with Gasteiger partial charge in [0, 0.05) is 5.69 Å². The van der Waals surface area contributed by atoms with E-state index >= 15 is 0 Å². The number of hydrogen-bond acceptors (Lipinski definition) is 6. The van der Waals surface area contributed by atoms with Crippen LogP contribution in [0.2, 0.25) is 0 Å². The molecule has 0 bridgehead atoms. The fourth-order valence-corrected chi connectivity index (χ4v) is 4.13. The highest BCUT2D eigenvalue weighted by atomic mass is 79.9. The highest BCUT2D eigenvalue weighted by Gasteiger charge is 2.36. The second kappa shape index (κ2) is 9.15. The van der Waals surface area contributed by atoms with Gasteiger partial charge in [0.25, 0.3) is 11.1 Å². The Hall–Kier alpha value is -2.78. The Balaban J connectivity index is 1.76. The molecule has 0 aliphatic carbocycles. The summed E-state index contributed by atoms with van der Waals surface area (Å²) >= 11 is 4.18. The van der Waals surface area contributed by atoms with Crippen molar-refractivity contribution in [1.82, 2.24) is 4.90 Å². The monoisotopic (exact) mass is 476 g/mol. The maximum atomic E-state index is 12.6. The number of anilines is 1. The molecule has 2 aromatic carbocycles. The molecular formula is C20H17BrN2O5S. The summed E-state index contributed by atoms with van der Waals surface area (Å²) in [7, 11) is 3.03. The van der Waals surface area contributed by atoms with Crippen LogP contribution < -0.4 is 14.8 Å². The first-order valence-electron chi connectivity index (χ1n) is 8.44. The van der Waals surface area contributed by atoms with Gasteiger partial charge in [-0.2, -0.15) is 0 Å². The Morgan fingerprint density at radius 3 is 2.55 bits per heavy atom. The van der Waals surface area contributed by atoms with E-state index in [9.17, 15) is 14.4 Å². The number of nitrogens with one attached hydrogen (secondary N) is 1. The number of hydrogen-bond donors (Lipinski definition) is 1. The molecule has 0 radical (unpaired) electrons. The molecule has 1 heterocycles. The molecular weight excluding hydrogens is 460 g/mol. The predicted molar refractivity (Wildman–Crippen MR) is 115 cm³/mol. The number of thioether (sulfide) groups is 1. The van der Waals surface area contributed by atoms with E-state index < -0.39 is 17.1 Å². The number of halogens is 1. The molecule has 0 saturated carbocycles. The number of nitrogens with zero attached hydrogens (tertiary/aromatic N) is 1. The minimum Gasteiger partial charge on any atom is -0.493 e. The zero-order valence-corrected chi connectivity index (χ0v) is 18.0. The third-order valence-electron chi connectivity index (χ3n) is 3.99. The van der Waals surface area contributed by atoms with E-state index in [2.05, 4.69) is 21.2 Å². The van der Waals surface area contributed by atoms with Gasteiger partial charge >= 0.3 is 0 Å². The average Bonchev–Trinajstić information content (AvgIpc) is 2.95. The van der Waals surface area contributed by atoms with Crippen molar-refractivity contribution in [1.29, 1.82) is 0 Å². The molecule has 7 nitrogen and oxygen atoms in total. The molecule has 2 aromatic rings. The SMILES string of the molecule is COc1cc(/C=C2/SC(=O)N(CC(=O)Nc3ccccc3)C2=O)cc(Br)c1OC. The Kier molecular flexibility index (Phi) is 6.60. The molecule has 0 spiro atoms. The third-order valence-corrected chi connectivity index (χ3v) is 5.48. The fraction of sp³-hybridized carbons (Fsp3) is 0.150. The van der Waals surface area contributed by atoms with Crippen LogP contribution in [0.4, 0.5) is 10.5 Å². The highest BCUT2D eigenvalue weighted by Crippen LogP contribution is 2.38. The third kappa shape index (κ3) is 4.80. The molecule has 0 aromatic heterocycles. The minimum absolute atomic E-state index is 0.224. The van der Waals surface area contributed by atoms with E-state index in [1.165, 1.54) is 14.2 Å². The van der Waals surface area contributed by atoms with Gasteiger partial charge in [-0.05, 0) is 63.6 Å². The van der Waals surface area contributed by atoms with Crippen molar-refractivity contribution in [3.63, 3.8) is 0 Å². The van der Waals surface area contributed by atoms with Gasteiger partial charge in [-0.3, -0.25) is 19.3 Å². The summed E-state index contributed by atoms with van der Waals surface area (Å²) < 4.78 is 11.2. The first kappa shape index (κ1) is 20.9. The van der Waals surface area contributed by atoms with E-state index in [-0.39, 0.29) is 11.4 Å². The van der Waals surface area contributed by atoms with Gasteiger partial charge in [-0.1, -0.05) is 18.2 Å². The maximum Gasteiger partial charge on any atom is 0.294 e. The number of para-hydroxylation sites is 1. The van der Waals surface area contributed by atoms with Crippen LogP contribution in [0.5, 0.6) is 11.5 Å². The predicted octanol–water partition coefficient (Wildman–Crippen LogP) is 4.14. The molecule has 3 rings (SSSR count). The van der Waals surface area contributed by atoms with Gasteiger partial charge in [-0.15, -0.1) is 0 Å². The molecule has 1 fully saturated rings. The van der Waals surface area contributed by atoms with E-state index in [4.69, 9.17) is 9.47 Å². The van der Waals surface area contributed by atoms with Gasteiger partial charge in [0.05, 0.1) is 23.6 Å². The highest BCUT2D eigenvalue weighted by molar-refractivity contribution is 9.10. The molecule has 0 unspecified atom stereocenters. The summed E-state index contributed by atoms with van der Waals surface area (Å²) in [6, 6.07) is 12.3. The molecule has 1 N–H and O–H groups in total. The minimum atomic E-state index is -0.519. The van der Waals surface area contributed by atoms with Crippen molar-refractivity contribution in [2.75, 3.05) is 26.1 Å². The van der Waals surface area contributed by atoms with E-state index in [1.807, 2.05) is 6.07 Å². The largest absolute Gasteiger partial charge is 0.493 e. The summed E-state index contributed by atoms with van der Waals surface area (Å²) in [5.41, 5.74) is 1.24. The van der Waals surface area contributed by atoms with Crippen molar-refractivity contribution in [2.24, 2.45) is 0 Å². The van der Waals surface area contributed by atoms with Crippen LogP contribution in [0.3, 0.4) is 0 Å². The zero-order chi connectivity index (χ0) is 21.0. The van der Waals surface area contributed by atoms with Gasteiger partial charge in [0.2, 0.25) is 5.91 Å². The summed E-state index contributed by atoms with van der Waals surface area (Å²) in [5.74, 6) is 0.0349. The van der Waals surface area contributed by atoms with Crippen LogP contribution in [-0.4, -0.2) is 42.7 Å². The average molecular weight is 477 g/mol. The zero-order valence-electron chi connectivity index (χ0n) is 15.6. The number of benzene rings is 2. The first-order chi connectivity index (χ1) is 13.9. The van der Waals surface area contributed by atoms with Crippen LogP contribution >= 0.6 is 27.7 Å². The molecule has 9 heteroatoms. The summed E-state index contributed by atoms with van der Waals surface area (Å²) in [6.45, 7) is -0.355. The van der Waals surface area contributed by atoms with Gasteiger partial charge < -0.3 is 14.8 Å². The van der Waals surface area contributed by atoms with E-state index in [1.54, 1.807) is 42.5 Å². The normalized spacial score (nSPS) is 15.0. The molecule has 150 valence electrons. The van der Waals surface area contributed by atoms with E-state index in [0.717, 1.165) is 16.7 Å². The lowest BCUT2D eigenvalue weighted by Gasteiger charge is -2.12. The summed E-state index contributed by atoms with van der Waals surface area (Å²) in [5, 5.41) is 2.16. The lowest BCUT2D eigenvalue weighted by Crippen LogP contribution is -2.36. The smallest absolute Gasteiger partial charge is 0.294 e. The van der Waals surface area contributed by atoms with Crippen LogP contribution in [-0.2, 0) is 9.59 Å². The molecule has 0 atom stereocenters. The number of rotatable bonds is 6. The van der Waals surface area contributed by atoms with Gasteiger partial charge in [0.15, 0.2) is 11.5 Å². The Morgan fingerprint density at radius 2 is 1.90 bits per heavy atom. The lowest BCUT2D eigenvalue weighted by atomic mass is 10.2. The maximum absolute atomic E-state index is 12.6. The van der Waals surface area contributed by atoms with Crippen molar-refractivity contribution >= 4 is 56.5 Å². The Labute approximate surface area is 180 Å². The number of methoxy groups -OCH3 is 2. The molecule has 1 aliphatic heterocycles. The first-order valence-corrected chi connectivity index (χ1v) is 10.1. The topological polar surface area (TPSA) is 84.9 Å². The second-order valence-electron chi connectivity index (χ2n) is 5.92. The number of carbonyl (C=O) groups is 3. The van der Waals surface area contributed by atoms with Crippen molar-refractivity contribution in [3.8, 4) is 11.5 Å². The fourth-order valence-electron chi connectivity index (χ4n) is 2.67. The van der Waals surface area contributed by atoms with E-state index in [0.29, 0.717) is 27.2 Å². The summed E-state index contributed by atoms with van der Waals surface area (Å²) in [4.78, 5) is 38.2. The number of amides is 3. The van der Waals surface area contributed by atoms with Crippen molar-refractivity contribution in [3.05, 3.63) is 57.4 Å². The molecule has 3 amide bonds. The van der Waals surface area contributed by atoms with Crippen LogP contribution in [0.1, 0.15) is 5.56 Å². The van der Waals surface area contributed by atoms with Crippen molar-refractivity contribution < 1.29 is 23.9 Å². The molecule has 1 saturated heterocycles.